The molecule has 2 aliphatic heterocycles. The van der Waals surface area contributed by atoms with Crippen LogP contribution in [0.4, 0.5) is 0 Å². The second-order valence-corrected chi connectivity index (χ2v) is 6.36. The van der Waals surface area contributed by atoms with Gasteiger partial charge in [0.1, 0.15) is 17.9 Å². The van der Waals surface area contributed by atoms with Crippen molar-refractivity contribution >= 4 is 5.91 Å². The van der Waals surface area contributed by atoms with Gasteiger partial charge in [-0.15, -0.1) is 0 Å². The monoisotopic (exact) mass is 367 g/mol. The number of hydrogen-bond acceptors (Lipinski definition) is 5. The van der Waals surface area contributed by atoms with Gasteiger partial charge in [-0.25, -0.2) is 0 Å². The molecule has 0 saturated carbocycles. The summed E-state index contributed by atoms with van der Waals surface area (Å²) in [7, 11) is 1.54. The molecule has 2 heterocycles. The Morgan fingerprint density at radius 3 is 2.48 bits per heavy atom. The van der Waals surface area contributed by atoms with Gasteiger partial charge >= 0.3 is 0 Å². The minimum absolute atomic E-state index is 0.201. The third-order valence-electron chi connectivity index (χ3n) is 4.53. The topological polar surface area (TPSA) is 66.0 Å². The van der Waals surface area contributed by atoms with Crippen molar-refractivity contribution < 1.29 is 23.7 Å². The van der Waals surface area contributed by atoms with Crippen LogP contribution in [0, 0.1) is 0 Å². The highest BCUT2D eigenvalue weighted by molar-refractivity contribution is 5.94. The third kappa shape index (κ3) is 3.88. The highest BCUT2D eigenvalue weighted by Crippen LogP contribution is 2.33. The minimum Gasteiger partial charge on any atom is -0.462 e. The Kier molecular flexibility index (Phi) is 5.20. The van der Waals surface area contributed by atoms with Gasteiger partial charge in [0.05, 0.1) is 6.61 Å². The van der Waals surface area contributed by atoms with Crippen molar-refractivity contribution in [3.63, 3.8) is 0 Å². The van der Waals surface area contributed by atoms with E-state index in [1.54, 1.807) is 19.2 Å². The van der Waals surface area contributed by atoms with E-state index in [4.69, 9.17) is 18.9 Å². The first-order valence-electron chi connectivity index (χ1n) is 8.83. The largest absolute Gasteiger partial charge is 0.462 e. The summed E-state index contributed by atoms with van der Waals surface area (Å²) >= 11 is 0. The molecule has 2 aromatic rings. The second kappa shape index (κ2) is 7.92. The zero-order chi connectivity index (χ0) is 18.6. The Bertz CT molecular complexity index is 808. The number of nitrogens with one attached hydrogen (secondary N) is 1. The average molecular weight is 367 g/mol. The zero-order valence-corrected chi connectivity index (χ0v) is 14.9. The molecule has 1 fully saturated rings. The molecule has 0 aromatic heterocycles. The average Bonchev–Trinajstić information content (AvgIpc) is 2.74. The van der Waals surface area contributed by atoms with Crippen molar-refractivity contribution in [3.8, 4) is 0 Å². The van der Waals surface area contributed by atoms with Gasteiger partial charge in [-0.05, 0) is 18.2 Å². The van der Waals surface area contributed by atoms with E-state index in [-0.39, 0.29) is 12.0 Å². The van der Waals surface area contributed by atoms with Crippen LogP contribution in [0.15, 0.2) is 72.5 Å². The molecule has 2 aliphatic rings. The van der Waals surface area contributed by atoms with Crippen molar-refractivity contribution in [2.24, 2.45) is 0 Å². The fraction of sp³-hybridized carbons (Fsp3) is 0.286. The van der Waals surface area contributed by atoms with Crippen LogP contribution in [0.2, 0.25) is 0 Å². The van der Waals surface area contributed by atoms with Gasteiger partial charge in [0.2, 0.25) is 6.29 Å². The first-order valence-corrected chi connectivity index (χ1v) is 8.83. The highest BCUT2D eigenvalue weighted by Gasteiger charge is 2.38. The quantitative estimate of drug-likeness (QED) is 0.900. The van der Waals surface area contributed by atoms with Crippen LogP contribution < -0.4 is 5.32 Å². The molecule has 0 bridgehead atoms. The summed E-state index contributed by atoms with van der Waals surface area (Å²) in [4.78, 5) is 12.5. The Morgan fingerprint density at radius 2 is 1.78 bits per heavy atom. The van der Waals surface area contributed by atoms with Gasteiger partial charge < -0.3 is 24.3 Å². The molecular formula is C21H21NO5. The van der Waals surface area contributed by atoms with Crippen LogP contribution in [0.1, 0.15) is 22.2 Å². The lowest BCUT2D eigenvalue weighted by atomic mass is 10.1. The Balaban J connectivity index is 1.52. The number of carbonyl (C=O) groups is 1. The van der Waals surface area contributed by atoms with E-state index in [1.807, 2.05) is 54.6 Å². The van der Waals surface area contributed by atoms with Gasteiger partial charge in [0, 0.05) is 18.2 Å². The molecule has 0 aliphatic carbocycles. The maximum Gasteiger partial charge on any atom is 0.251 e. The first kappa shape index (κ1) is 17.7. The Hall–Kier alpha value is -2.67. The van der Waals surface area contributed by atoms with Gasteiger partial charge in [-0.3, -0.25) is 4.79 Å². The van der Waals surface area contributed by atoms with Crippen LogP contribution in [0.3, 0.4) is 0 Å². The standard InChI is InChI=1S/C21H21NO5/c1-24-21-16(22-19(23)14-8-4-2-5-9-14)12-17-18(27-21)13-25-20(26-17)15-10-6-3-7-11-15/h2-12,16,18,20-21H,13H2,1H3,(H,22,23)/t16-,18+,20-,21+/m0/s1. The summed E-state index contributed by atoms with van der Waals surface area (Å²) < 4.78 is 23.1. The smallest absolute Gasteiger partial charge is 0.251 e. The van der Waals surface area contributed by atoms with Crippen molar-refractivity contribution in [3.05, 3.63) is 83.6 Å². The molecule has 4 rings (SSSR count). The lowest BCUT2D eigenvalue weighted by molar-refractivity contribution is -0.246. The van der Waals surface area contributed by atoms with Crippen LogP contribution in [0.25, 0.3) is 0 Å². The number of rotatable bonds is 4. The maximum absolute atomic E-state index is 12.5. The molecule has 0 spiro atoms. The molecule has 0 radical (unpaired) electrons. The van der Waals surface area contributed by atoms with Gasteiger partial charge in [-0.1, -0.05) is 48.5 Å². The van der Waals surface area contributed by atoms with Crippen LogP contribution in [0.5, 0.6) is 0 Å². The summed E-state index contributed by atoms with van der Waals surface area (Å²) in [5, 5.41) is 2.94. The summed E-state index contributed by atoms with van der Waals surface area (Å²) in [6.45, 7) is 0.352. The molecular weight excluding hydrogens is 346 g/mol. The van der Waals surface area contributed by atoms with Crippen molar-refractivity contribution in [2.75, 3.05) is 13.7 Å². The normalized spacial score (nSPS) is 27.1. The summed E-state index contributed by atoms with van der Waals surface area (Å²) in [6.07, 6.45) is 0.371. The SMILES string of the molecule is CO[C@@H]1O[C@@H]2CO[C@H](c3ccccc3)OC2=C[C@@H]1NC(=O)c1ccccc1. The Morgan fingerprint density at radius 1 is 1.07 bits per heavy atom. The van der Waals surface area contributed by atoms with E-state index >= 15 is 0 Å². The zero-order valence-electron chi connectivity index (χ0n) is 14.9. The van der Waals surface area contributed by atoms with Crippen molar-refractivity contribution in [1.29, 1.82) is 0 Å². The third-order valence-corrected chi connectivity index (χ3v) is 4.53. The highest BCUT2D eigenvalue weighted by atomic mass is 16.7. The number of benzene rings is 2. The number of amides is 1. The predicted octanol–water partition coefficient (Wildman–Crippen LogP) is 2.79. The van der Waals surface area contributed by atoms with Gasteiger partial charge in [-0.2, -0.15) is 0 Å². The van der Waals surface area contributed by atoms with Crippen molar-refractivity contribution in [1.82, 2.24) is 5.32 Å². The fourth-order valence-electron chi connectivity index (χ4n) is 3.16. The van der Waals surface area contributed by atoms with E-state index in [2.05, 4.69) is 5.32 Å². The first-order chi connectivity index (χ1) is 13.2. The predicted molar refractivity (Wildman–Crippen MR) is 97.7 cm³/mol. The number of ether oxygens (including phenoxy) is 4. The molecule has 140 valence electrons. The molecule has 1 N–H and O–H groups in total. The minimum atomic E-state index is -0.619. The fourth-order valence-corrected chi connectivity index (χ4v) is 3.16. The number of hydrogen-bond donors (Lipinski definition) is 1. The lowest BCUT2D eigenvalue weighted by Crippen LogP contribution is -2.51. The van der Waals surface area contributed by atoms with Gasteiger partial charge in [0.15, 0.2) is 6.29 Å². The van der Waals surface area contributed by atoms with Crippen molar-refractivity contribution in [2.45, 2.75) is 24.7 Å². The number of fused-ring (bicyclic) bond motifs is 1. The number of carbonyl (C=O) groups excluding carboxylic acids is 1. The summed E-state index contributed by atoms with van der Waals surface area (Å²) in [5.41, 5.74) is 1.50. The van der Waals surface area contributed by atoms with E-state index < -0.39 is 18.6 Å². The summed E-state index contributed by atoms with van der Waals surface area (Å²) in [6, 6.07) is 18.3. The molecule has 27 heavy (non-hydrogen) atoms. The lowest BCUT2D eigenvalue weighted by Gasteiger charge is -2.39. The van der Waals surface area contributed by atoms with E-state index in [0.717, 1.165) is 5.56 Å². The molecule has 1 saturated heterocycles. The summed E-state index contributed by atoms with van der Waals surface area (Å²) in [5.74, 6) is 0.440. The molecule has 4 atom stereocenters. The Labute approximate surface area is 157 Å². The molecule has 6 nitrogen and oxygen atoms in total. The van der Waals surface area contributed by atoms with E-state index in [0.29, 0.717) is 17.9 Å². The van der Waals surface area contributed by atoms with E-state index in [1.165, 1.54) is 0 Å². The second-order valence-electron chi connectivity index (χ2n) is 6.36. The van der Waals surface area contributed by atoms with E-state index in [9.17, 15) is 4.79 Å². The molecule has 2 aromatic carbocycles. The molecule has 6 heteroatoms. The van der Waals surface area contributed by atoms with Crippen LogP contribution in [-0.2, 0) is 18.9 Å². The van der Waals surface area contributed by atoms with Crippen LogP contribution in [-0.4, -0.2) is 38.1 Å². The molecule has 0 unspecified atom stereocenters. The number of methoxy groups -OCH3 is 1. The van der Waals surface area contributed by atoms with Crippen LogP contribution >= 0.6 is 0 Å². The van der Waals surface area contributed by atoms with Gasteiger partial charge in [0.25, 0.3) is 5.91 Å². The maximum atomic E-state index is 12.5. The molecule has 1 amide bonds.